The molecule has 1 aliphatic carbocycles. The molecule has 0 bridgehead atoms. The van der Waals surface area contributed by atoms with Crippen LogP contribution in [-0.4, -0.2) is 24.2 Å². The van der Waals surface area contributed by atoms with Crippen molar-refractivity contribution in [3.05, 3.63) is 29.3 Å². The van der Waals surface area contributed by atoms with Crippen LogP contribution in [0.4, 0.5) is 5.69 Å². The minimum absolute atomic E-state index is 0.227. The fourth-order valence-electron chi connectivity index (χ4n) is 3.11. The molecule has 0 unspecified atom stereocenters. The fourth-order valence-corrected chi connectivity index (χ4v) is 3.11. The van der Waals surface area contributed by atoms with Crippen molar-refractivity contribution in [2.45, 2.75) is 38.5 Å². The monoisotopic (exact) mass is 259 g/mol. The highest BCUT2D eigenvalue weighted by Gasteiger charge is 2.25. The molecule has 0 aromatic heterocycles. The second kappa shape index (κ2) is 5.24. The van der Waals surface area contributed by atoms with Crippen LogP contribution in [0.3, 0.4) is 0 Å². The molecule has 3 nitrogen and oxygen atoms in total. The number of aliphatic carboxylic acids is 1. The average Bonchev–Trinajstić information content (AvgIpc) is 2.73. The molecule has 102 valence electrons. The second-order valence-corrected chi connectivity index (χ2v) is 5.85. The number of hydrogen-bond donors (Lipinski definition) is 1. The first kappa shape index (κ1) is 12.5. The zero-order valence-electron chi connectivity index (χ0n) is 11.3. The van der Waals surface area contributed by atoms with Gasteiger partial charge in [0.25, 0.3) is 0 Å². The van der Waals surface area contributed by atoms with Crippen LogP contribution in [0, 0.1) is 5.92 Å². The SMILES string of the molecule is O=C(O)CCc1ccc2c(c1)CCN2CC1CCC1. The lowest BCUT2D eigenvalue weighted by Gasteiger charge is -2.31. The van der Waals surface area contributed by atoms with Gasteiger partial charge in [0.05, 0.1) is 0 Å². The third-order valence-corrected chi connectivity index (χ3v) is 4.47. The van der Waals surface area contributed by atoms with Gasteiger partial charge in [-0.15, -0.1) is 0 Å². The number of rotatable bonds is 5. The van der Waals surface area contributed by atoms with Crippen LogP contribution in [0.25, 0.3) is 0 Å². The van der Waals surface area contributed by atoms with E-state index in [9.17, 15) is 4.79 Å². The lowest BCUT2D eigenvalue weighted by Crippen LogP contribution is -2.31. The smallest absolute Gasteiger partial charge is 0.303 e. The first-order chi connectivity index (χ1) is 9.22. The van der Waals surface area contributed by atoms with Gasteiger partial charge in [-0.2, -0.15) is 0 Å². The van der Waals surface area contributed by atoms with Crippen LogP contribution >= 0.6 is 0 Å². The van der Waals surface area contributed by atoms with Gasteiger partial charge in [0.2, 0.25) is 0 Å². The predicted octanol–water partition coefficient (Wildman–Crippen LogP) is 2.87. The summed E-state index contributed by atoms with van der Waals surface area (Å²) in [6.45, 7) is 2.34. The van der Waals surface area contributed by atoms with Crippen molar-refractivity contribution in [1.82, 2.24) is 0 Å². The standard InChI is InChI=1S/C16H21NO2/c18-16(19)7-5-12-4-6-15-14(10-12)8-9-17(15)11-13-2-1-3-13/h4,6,10,13H,1-3,5,7-9,11H2,(H,18,19). The number of fused-ring (bicyclic) bond motifs is 1. The molecule has 0 amide bonds. The number of anilines is 1. The molecule has 19 heavy (non-hydrogen) atoms. The van der Waals surface area contributed by atoms with Crippen LogP contribution in [0.1, 0.15) is 36.8 Å². The number of carbonyl (C=O) groups is 1. The van der Waals surface area contributed by atoms with Crippen LogP contribution in [0.5, 0.6) is 0 Å². The Bertz CT molecular complexity index is 480. The van der Waals surface area contributed by atoms with Gasteiger partial charge in [0.15, 0.2) is 0 Å². The number of benzene rings is 1. The summed E-state index contributed by atoms with van der Waals surface area (Å²) < 4.78 is 0. The Morgan fingerprint density at radius 3 is 2.89 bits per heavy atom. The summed E-state index contributed by atoms with van der Waals surface area (Å²) in [5.41, 5.74) is 3.94. The Balaban J connectivity index is 1.66. The Kier molecular flexibility index (Phi) is 3.45. The second-order valence-electron chi connectivity index (χ2n) is 5.85. The summed E-state index contributed by atoms with van der Waals surface area (Å²) in [5, 5.41) is 8.73. The van der Waals surface area contributed by atoms with E-state index >= 15 is 0 Å². The van der Waals surface area contributed by atoms with E-state index in [0.717, 1.165) is 24.4 Å². The first-order valence-corrected chi connectivity index (χ1v) is 7.31. The van der Waals surface area contributed by atoms with E-state index in [4.69, 9.17) is 5.11 Å². The molecule has 3 rings (SSSR count). The van der Waals surface area contributed by atoms with Crippen LogP contribution in [0.2, 0.25) is 0 Å². The number of carboxylic acid groups (broad SMARTS) is 1. The van der Waals surface area contributed by atoms with Crippen molar-refractivity contribution >= 4 is 11.7 Å². The van der Waals surface area contributed by atoms with Crippen molar-refractivity contribution in [3.8, 4) is 0 Å². The average molecular weight is 259 g/mol. The van der Waals surface area contributed by atoms with E-state index in [2.05, 4.69) is 23.1 Å². The summed E-state index contributed by atoms with van der Waals surface area (Å²) in [6.07, 6.45) is 6.17. The fraction of sp³-hybridized carbons (Fsp3) is 0.562. The number of carboxylic acids is 1. The minimum Gasteiger partial charge on any atom is -0.481 e. The molecule has 1 saturated carbocycles. The maximum absolute atomic E-state index is 10.6. The largest absolute Gasteiger partial charge is 0.481 e. The van der Waals surface area contributed by atoms with Gasteiger partial charge < -0.3 is 10.0 Å². The molecule has 1 N–H and O–H groups in total. The molecule has 2 aliphatic rings. The van der Waals surface area contributed by atoms with Crippen LogP contribution < -0.4 is 4.90 Å². The molecule has 0 atom stereocenters. The predicted molar refractivity (Wildman–Crippen MR) is 75.7 cm³/mol. The number of aryl methyl sites for hydroxylation is 1. The number of hydrogen-bond acceptors (Lipinski definition) is 2. The van der Waals surface area contributed by atoms with Gasteiger partial charge in [0.1, 0.15) is 0 Å². The van der Waals surface area contributed by atoms with E-state index in [0.29, 0.717) is 6.42 Å². The minimum atomic E-state index is -0.716. The third kappa shape index (κ3) is 2.75. The molecule has 1 aromatic carbocycles. The van der Waals surface area contributed by atoms with Crippen molar-refractivity contribution in [3.63, 3.8) is 0 Å². The molecular weight excluding hydrogens is 238 g/mol. The van der Waals surface area contributed by atoms with Gasteiger partial charge >= 0.3 is 5.97 Å². The summed E-state index contributed by atoms with van der Waals surface area (Å²) in [4.78, 5) is 13.1. The summed E-state index contributed by atoms with van der Waals surface area (Å²) in [6, 6.07) is 6.50. The lowest BCUT2D eigenvalue weighted by molar-refractivity contribution is -0.136. The summed E-state index contributed by atoms with van der Waals surface area (Å²) >= 11 is 0. The highest BCUT2D eigenvalue weighted by molar-refractivity contribution is 5.67. The molecule has 3 heteroatoms. The van der Waals surface area contributed by atoms with Crippen molar-refractivity contribution in [2.75, 3.05) is 18.0 Å². The van der Waals surface area contributed by atoms with Gasteiger partial charge in [-0.1, -0.05) is 18.6 Å². The molecule has 0 radical (unpaired) electrons. The third-order valence-electron chi connectivity index (χ3n) is 4.47. The van der Waals surface area contributed by atoms with E-state index in [1.54, 1.807) is 0 Å². The van der Waals surface area contributed by atoms with Crippen molar-refractivity contribution < 1.29 is 9.90 Å². The zero-order valence-corrected chi connectivity index (χ0v) is 11.3. The van der Waals surface area contributed by atoms with Crippen molar-refractivity contribution in [2.24, 2.45) is 5.92 Å². The molecule has 1 fully saturated rings. The normalized spacial score (nSPS) is 18.2. The molecule has 0 saturated heterocycles. The lowest BCUT2D eigenvalue weighted by atomic mass is 9.85. The topological polar surface area (TPSA) is 40.5 Å². The maximum atomic E-state index is 10.6. The van der Waals surface area contributed by atoms with Gasteiger partial charge in [-0.3, -0.25) is 4.79 Å². The van der Waals surface area contributed by atoms with E-state index in [1.807, 2.05) is 0 Å². The van der Waals surface area contributed by atoms with Crippen LogP contribution in [0.15, 0.2) is 18.2 Å². The Labute approximate surface area is 114 Å². The number of nitrogens with zero attached hydrogens (tertiary/aromatic N) is 1. The maximum Gasteiger partial charge on any atom is 0.303 e. The van der Waals surface area contributed by atoms with Crippen LogP contribution in [-0.2, 0) is 17.6 Å². The molecule has 0 spiro atoms. The molecule has 1 aliphatic heterocycles. The molecule has 1 heterocycles. The van der Waals surface area contributed by atoms with E-state index in [-0.39, 0.29) is 6.42 Å². The van der Waals surface area contributed by atoms with Gasteiger partial charge in [0, 0.05) is 25.2 Å². The zero-order chi connectivity index (χ0) is 13.2. The molecular formula is C16H21NO2. The highest BCUT2D eigenvalue weighted by Crippen LogP contribution is 2.34. The Morgan fingerprint density at radius 1 is 1.37 bits per heavy atom. The highest BCUT2D eigenvalue weighted by atomic mass is 16.4. The quantitative estimate of drug-likeness (QED) is 0.884. The Hall–Kier alpha value is -1.51. The van der Waals surface area contributed by atoms with E-state index in [1.165, 1.54) is 37.1 Å². The van der Waals surface area contributed by atoms with Crippen molar-refractivity contribution in [1.29, 1.82) is 0 Å². The summed E-state index contributed by atoms with van der Waals surface area (Å²) in [7, 11) is 0. The summed E-state index contributed by atoms with van der Waals surface area (Å²) in [5.74, 6) is 0.185. The first-order valence-electron chi connectivity index (χ1n) is 7.31. The molecule has 1 aromatic rings. The van der Waals surface area contributed by atoms with E-state index < -0.39 is 5.97 Å². The van der Waals surface area contributed by atoms with Gasteiger partial charge in [-0.05, 0) is 48.8 Å². The Morgan fingerprint density at radius 2 is 2.21 bits per heavy atom. The van der Waals surface area contributed by atoms with Gasteiger partial charge in [-0.25, -0.2) is 0 Å².